The molecule has 0 spiro atoms. The summed E-state index contributed by atoms with van der Waals surface area (Å²) < 4.78 is 11.9. The zero-order chi connectivity index (χ0) is 13.8. The lowest BCUT2D eigenvalue weighted by atomic mass is 9.98. The first-order valence-electron chi connectivity index (χ1n) is 5.89. The van der Waals surface area contributed by atoms with E-state index in [4.69, 9.17) is 15.2 Å². The highest BCUT2D eigenvalue weighted by molar-refractivity contribution is 14.1. The van der Waals surface area contributed by atoms with E-state index < -0.39 is 0 Å². The second kappa shape index (κ2) is 6.25. The molecule has 2 aromatic carbocycles. The van der Waals surface area contributed by atoms with Gasteiger partial charge in [-0.1, -0.05) is 18.2 Å². The third-order valence-electron chi connectivity index (χ3n) is 2.98. The van der Waals surface area contributed by atoms with Crippen molar-refractivity contribution >= 4 is 22.6 Å². The number of nitrogens with two attached hydrogens (primary N) is 1. The van der Waals surface area contributed by atoms with Gasteiger partial charge in [-0.25, -0.2) is 0 Å². The maximum Gasteiger partial charge on any atom is 0.127 e. The highest BCUT2D eigenvalue weighted by atomic mass is 127. The fourth-order valence-electron chi connectivity index (χ4n) is 2.05. The van der Waals surface area contributed by atoms with Crippen molar-refractivity contribution in [3.05, 3.63) is 57.2 Å². The topological polar surface area (TPSA) is 44.5 Å². The average molecular weight is 369 g/mol. The van der Waals surface area contributed by atoms with Crippen LogP contribution in [-0.2, 0) is 0 Å². The Labute approximate surface area is 126 Å². The summed E-state index contributed by atoms with van der Waals surface area (Å²) in [7, 11) is 3.28. The molecule has 0 radical (unpaired) electrons. The largest absolute Gasteiger partial charge is 0.496 e. The Morgan fingerprint density at radius 3 is 2.11 bits per heavy atom. The van der Waals surface area contributed by atoms with Crippen LogP contribution in [0.1, 0.15) is 17.2 Å². The SMILES string of the molecule is COc1cccc(OC)c1C(N)c1cccc(I)c1. The number of ether oxygens (including phenoxy) is 2. The molecule has 19 heavy (non-hydrogen) atoms. The molecule has 4 heteroatoms. The molecular formula is C15H16INO2. The van der Waals surface area contributed by atoms with E-state index in [1.807, 2.05) is 36.4 Å². The Kier molecular flexibility index (Phi) is 4.66. The number of hydrogen-bond donors (Lipinski definition) is 1. The molecule has 0 aliphatic carbocycles. The van der Waals surface area contributed by atoms with Crippen molar-refractivity contribution in [3.63, 3.8) is 0 Å². The molecule has 1 atom stereocenters. The quantitative estimate of drug-likeness (QED) is 0.841. The summed E-state index contributed by atoms with van der Waals surface area (Å²) in [4.78, 5) is 0. The zero-order valence-electron chi connectivity index (χ0n) is 10.9. The summed E-state index contributed by atoms with van der Waals surface area (Å²) in [5, 5.41) is 0. The highest BCUT2D eigenvalue weighted by Gasteiger charge is 2.19. The minimum absolute atomic E-state index is 0.277. The van der Waals surface area contributed by atoms with Crippen LogP contribution in [0, 0.1) is 3.57 Å². The van der Waals surface area contributed by atoms with Gasteiger partial charge in [0.2, 0.25) is 0 Å². The molecule has 0 aliphatic rings. The normalized spacial score (nSPS) is 12.0. The van der Waals surface area contributed by atoms with Crippen LogP contribution in [-0.4, -0.2) is 14.2 Å². The molecule has 3 nitrogen and oxygen atoms in total. The monoisotopic (exact) mass is 369 g/mol. The molecule has 0 bridgehead atoms. The van der Waals surface area contributed by atoms with Crippen molar-refractivity contribution in [3.8, 4) is 11.5 Å². The van der Waals surface area contributed by atoms with Gasteiger partial charge >= 0.3 is 0 Å². The van der Waals surface area contributed by atoms with Gasteiger partial charge in [-0.2, -0.15) is 0 Å². The molecule has 2 N–H and O–H groups in total. The summed E-state index contributed by atoms with van der Waals surface area (Å²) in [6, 6.07) is 13.5. The standard InChI is InChI=1S/C15H16INO2/c1-18-12-7-4-8-13(19-2)14(12)15(17)10-5-3-6-11(16)9-10/h3-9,15H,17H2,1-2H3. The van der Waals surface area contributed by atoms with Crippen LogP contribution in [0.4, 0.5) is 0 Å². The van der Waals surface area contributed by atoms with E-state index in [0.29, 0.717) is 0 Å². The Morgan fingerprint density at radius 2 is 1.58 bits per heavy atom. The van der Waals surface area contributed by atoms with Crippen LogP contribution in [0.25, 0.3) is 0 Å². The summed E-state index contributed by atoms with van der Waals surface area (Å²) in [6.45, 7) is 0. The third kappa shape index (κ3) is 3.01. The van der Waals surface area contributed by atoms with Crippen LogP contribution in [0.3, 0.4) is 0 Å². The lowest BCUT2D eigenvalue weighted by molar-refractivity contribution is 0.382. The Balaban J connectivity index is 2.51. The van der Waals surface area contributed by atoms with E-state index in [1.165, 1.54) is 0 Å². The molecule has 0 heterocycles. The number of hydrogen-bond acceptors (Lipinski definition) is 3. The molecule has 0 fully saturated rings. The predicted octanol–water partition coefficient (Wildman–Crippen LogP) is 3.36. The van der Waals surface area contributed by atoms with Crippen LogP contribution in [0.2, 0.25) is 0 Å². The van der Waals surface area contributed by atoms with E-state index in [9.17, 15) is 0 Å². The average Bonchev–Trinajstić information content (AvgIpc) is 2.45. The number of methoxy groups -OCH3 is 2. The van der Waals surface area contributed by atoms with Gasteiger partial charge in [-0.3, -0.25) is 0 Å². The zero-order valence-corrected chi connectivity index (χ0v) is 13.0. The van der Waals surface area contributed by atoms with Crippen LogP contribution in [0.15, 0.2) is 42.5 Å². The number of rotatable bonds is 4. The van der Waals surface area contributed by atoms with Gasteiger partial charge in [-0.05, 0) is 52.4 Å². The van der Waals surface area contributed by atoms with Gasteiger partial charge in [0.15, 0.2) is 0 Å². The van der Waals surface area contributed by atoms with E-state index in [2.05, 4.69) is 28.7 Å². The van der Waals surface area contributed by atoms with Crippen molar-refractivity contribution in [2.75, 3.05) is 14.2 Å². The van der Waals surface area contributed by atoms with Crippen molar-refractivity contribution in [1.29, 1.82) is 0 Å². The molecule has 0 saturated heterocycles. The molecule has 0 saturated carbocycles. The first-order chi connectivity index (χ1) is 9.17. The Hall–Kier alpha value is -1.27. The molecule has 0 amide bonds. The van der Waals surface area contributed by atoms with Crippen LogP contribution >= 0.6 is 22.6 Å². The second-order valence-corrected chi connectivity index (χ2v) is 5.35. The highest BCUT2D eigenvalue weighted by Crippen LogP contribution is 2.36. The van der Waals surface area contributed by atoms with Gasteiger partial charge in [0, 0.05) is 3.57 Å². The van der Waals surface area contributed by atoms with Crippen LogP contribution in [0.5, 0.6) is 11.5 Å². The van der Waals surface area contributed by atoms with E-state index in [1.54, 1.807) is 14.2 Å². The summed E-state index contributed by atoms with van der Waals surface area (Å²) >= 11 is 2.28. The van der Waals surface area contributed by atoms with Gasteiger partial charge in [-0.15, -0.1) is 0 Å². The molecule has 0 aliphatic heterocycles. The maximum atomic E-state index is 6.37. The minimum atomic E-state index is -0.277. The van der Waals surface area contributed by atoms with Crippen molar-refractivity contribution < 1.29 is 9.47 Å². The smallest absolute Gasteiger partial charge is 0.127 e. The molecular weight excluding hydrogens is 353 g/mol. The lowest BCUT2D eigenvalue weighted by Crippen LogP contribution is -2.14. The van der Waals surface area contributed by atoms with Crippen LogP contribution < -0.4 is 15.2 Å². The maximum absolute atomic E-state index is 6.37. The summed E-state index contributed by atoms with van der Waals surface area (Å²) in [6.07, 6.45) is 0. The number of benzene rings is 2. The summed E-state index contributed by atoms with van der Waals surface area (Å²) in [5.74, 6) is 1.48. The third-order valence-corrected chi connectivity index (χ3v) is 3.66. The van der Waals surface area contributed by atoms with Gasteiger partial charge in [0.25, 0.3) is 0 Å². The lowest BCUT2D eigenvalue weighted by Gasteiger charge is -2.19. The first-order valence-corrected chi connectivity index (χ1v) is 6.97. The van der Waals surface area contributed by atoms with Gasteiger partial charge < -0.3 is 15.2 Å². The van der Waals surface area contributed by atoms with E-state index in [0.717, 1.165) is 26.2 Å². The second-order valence-electron chi connectivity index (χ2n) is 4.11. The van der Waals surface area contributed by atoms with E-state index in [-0.39, 0.29) is 6.04 Å². The van der Waals surface area contributed by atoms with Crippen molar-refractivity contribution in [2.45, 2.75) is 6.04 Å². The molecule has 2 rings (SSSR count). The molecule has 1 unspecified atom stereocenters. The molecule has 2 aromatic rings. The summed E-state index contributed by atoms with van der Waals surface area (Å²) in [5.41, 5.74) is 8.28. The minimum Gasteiger partial charge on any atom is -0.496 e. The first kappa shape index (κ1) is 14.1. The fraction of sp³-hybridized carbons (Fsp3) is 0.200. The Morgan fingerprint density at radius 1 is 1.00 bits per heavy atom. The van der Waals surface area contributed by atoms with E-state index >= 15 is 0 Å². The fourth-order valence-corrected chi connectivity index (χ4v) is 2.62. The van der Waals surface area contributed by atoms with Crippen molar-refractivity contribution in [2.24, 2.45) is 5.73 Å². The molecule has 0 aromatic heterocycles. The number of halogens is 1. The van der Waals surface area contributed by atoms with Gasteiger partial charge in [0.1, 0.15) is 11.5 Å². The Bertz CT molecular complexity index is 550. The molecule has 100 valence electrons. The van der Waals surface area contributed by atoms with Gasteiger partial charge in [0.05, 0.1) is 25.8 Å². The predicted molar refractivity (Wildman–Crippen MR) is 84.7 cm³/mol. The van der Waals surface area contributed by atoms with Crippen molar-refractivity contribution in [1.82, 2.24) is 0 Å².